The first-order valence-electron chi connectivity index (χ1n) is 2.07. The van der Waals surface area contributed by atoms with Crippen molar-refractivity contribution in [3.8, 4) is 12.3 Å². The SMILES string of the molecule is C#CCNC(=O)CBr. The molecule has 1 amide bonds. The molecule has 0 saturated heterocycles. The number of amides is 1. The van der Waals surface area contributed by atoms with E-state index in [1.54, 1.807) is 0 Å². The molecular weight excluding hydrogens is 170 g/mol. The van der Waals surface area contributed by atoms with Crippen LogP contribution in [0, 0.1) is 12.3 Å². The van der Waals surface area contributed by atoms with Gasteiger partial charge < -0.3 is 5.32 Å². The number of terminal acetylenes is 1. The lowest BCUT2D eigenvalue weighted by molar-refractivity contribution is -0.118. The minimum absolute atomic E-state index is 0.0806. The van der Waals surface area contributed by atoms with Gasteiger partial charge in [0.25, 0.3) is 0 Å². The van der Waals surface area contributed by atoms with Gasteiger partial charge in [-0.25, -0.2) is 0 Å². The lowest BCUT2D eigenvalue weighted by atomic mass is 10.6. The van der Waals surface area contributed by atoms with E-state index in [4.69, 9.17) is 6.42 Å². The fourth-order valence-corrected chi connectivity index (χ4v) is 0.395. The fourth-order valence-electron chi connectivity index (χ4n) is 0.197. The first kappa shape index (κ1) is 7.51. The molecule has 0 aromatic heterocycles. The maximum Gasteiger partial charge on any atom is 0.231 e. The maximum atomic E-state index is 10.3. The second kappa shape index (κ2) is 4.66. The van der Waals surface area contributed by atoms with E-state index >= 15 is 0 Å². The zero-order valence-corrected chi connectivity index (χ0v) is 5.86. The van der Waals surface area contributed by atoms with Crippen LogP contribution in [0.5, 0.6) is 0 Å². The molecule has 3 heteroatoms. The van der Waals surface area contributed by atoms with Gasteiger partial charge in [-0.05, 0) is 0 Å². The van der Waals surface area contributed by atoms with Crippen LogP contribution < -0.4 is 5.32 Å². The summed E-state index contributed by atoms with van der Waals surface area (Å²) >= 11 is 2.96. The van der Waals surface area contributed by atoms with Crippen molar-refractivity contribution in [3.05, 3.63) is 0 Å². The van der Waals surface area contributed by atoms with Crippen molar-refractivity contribution in [2.75, 3.05) is 11.9 Å². The van der Waals surface area contributed by atoms with Gasteiger partial charge in [0, 0.05) is 0 Å². The van der Waals surface area contributed by atoms with E-state index in [0.717, 1.165) is 0 Å². The largest absolute Gasteiger partial charge is 0.344 e. The van der Waals surface area contributed by atoms with Crippen LogP contribution in [0.2, 0.25) is 0 Å². The van der Waals surface area contributed by atoms with Crippen LogP contribution in [0.3, 0.4) is 0 Å². The molecule has 0 atom stereocenters. The van der Waals surface area contributed by atoms with Gasteiger partial charge in [0.05, 0.1) is 11.9 Å². The van der Waals surface area contributed by atoms with Gasteiger partial charge in [-0.3, -0.25) is 4.79 Å². The standard InChI is InChI=1S/C5H6BrNO/c1-2-3-7-5(8)4-6/h1H,3-4H2,(H,7,8). The Morgan fingerprint density at radius 1 is 1.88 bits per heavy atom. The predicted molar refractivity (Wildman–Crippen MR) is 35.6 cm³/mol. The Hall–Kier alpha value is -0.490. The van der Waals surface area contributed by atoms with Crippen LogP contribution in [0.4, 0.5) is 0 Å². The minimum Gasteiger partial charge on any atom is -0.344 e. The molecule has 0 spiro atoms. The molecule has 2 nitrogen and oxygen atoms in total. The topological polar surface area (TPSA) is 29.1 Å². The summed E-state index contributed by atoms with van der Waals surface area (Å²) in [5.41, 5.74) is 0. The summed E-state index contributed by atoms with van der Waals surface area (Å²) in [4.78, 5) is 10.3. The number of carbonyl (C=O) groups is 1. The Labute approximate surface area is 56.8 Å². The molecule has 0 aromatic rings. The summed E-state index contributed by atoms with van der Waals surface area (Å²) in [6.45, 7) is 0.310. The van der Waals surface area contributed by atoms with Crippen LogP contribution >= 0.6 is 15.9 Å². The van der Waals surface area contributed by atoms with Crippen molar-refractivity contribution in [2.24, 2.45) is 0 Å². The molecule has 0 radical (unpaired) electrons. The zero-order valence-electron chi connectivity index (χ0n) is 4.28. The van der Waals surface area contributed by atoms with E-state index in [1.807, 2.05) is 0 Å². The smallest absolute Gasteiger partial charge is 0.231 e. The molecule has 0 heterocycles. The average molecular weight is 176 g/mol. The number of hydrogen-bond acceptors (Lipinski definition) is 1. The molecule has 1 N–H and O–H groups in total. The first-order valence-corrected chi connectivity index (χ1v) is 3.19. The van der Waals surface area contributed by atoms with Gasteiger partial charge in [0.2, 0.25) is 5.91 Å². The lowest BCUT2D eigenvalue weighted by Gasteiger charge is -1.92. The second-order valence-corrected chi connectivity index (χ2v) is 1.68. The molecular formula is C5H6BrNO. The molecule has 0 saturated carbocycles. The molecule has 0 aliphatic rings. The van der Waals surface area contributed by atoms with E-state index in [1.165, 1.54) is 0 Å². The first-order chi connectivity index (χ1) is 3.81. The number of rotatable bonds is 2. The molecule has 0 bridgehead atoms. The Bertz CT molecular complexity index is 116. The van der Waals surface area contributed by atoms with Gasteiger partial charge in [-0.1, -0.05) is 21.9 Å². The summed E-state index contributed by atoms with van der Waals surface area (Å²) in [6, 6.07) is 0. The van der Waals surface area contributed by atoms with E-state index in [-0.39, 0.29) is 5.91 Å². The highest BCUT2D eigenvalue weighted by atomic mass is 79.9. The quantitative estimate of drug-likeness (QED) is 0.470. The molecule has 0 aliphatic heterocycles. The second-order valence-electron chi connectivity index (χ2n) is 1.11. The van der Waals surface area contributed by atoms with E-state index in [0.29, 0.717) is 11.9 Å². The minimum atomic E-state index is -0.0806. The number of nitrogens with one attached hydrogen (secondary N) is 1. The molecule has 0 rings (SSSR count). The maximum absolute atomic E-state index is 10.3. The monoisotopic (exact) mass is 175 g/mol. The summed E-state index contributed by atoms with van der Waals surface area (Å²) < 4.78 is 0. The average Bonchev–Trinajstić information content (AvgIpc) is 1.83. The summed E-state index contributed by atoms with van der Waals surface area (Å²) in [5, 5.41) is 2.77. The van der Waals surface area contributed by atoms with E-state index in [9.17, 15) is 4.79 Å². The molecule has 44 valence electrons. The van der Waals surface area contributed by atoms with Crippen LogP contribution in [0.1, 0.15) is 0 Å². The Kier molecular flexibility index (Phi) is 4.38. The van der Waals surface area contributed by atoms with Gasteiger partial charge in [-0.15, -0.1) is 6.42 Å². The zero-order chi connectivity index (χ0) is 6.41. The highest BCUT2D eigenvalue weighted by Gasteiger charge is 1.91. The Morgan fingerprint density at radius 2 is 2.50 bits per heavy atom. The van der Waals surface area contributed by atoms with Gasteiger partial charge >= 0.3 is 0 Å². The number of alkyl halides is 1. The Balaban J connectivity index is 3.15. The van der Waals surface area contributed by atoms with E-state index < -0.39 is 0 Å². The summed E-state index contributed by atoms with van der Waals surface area (Å²) in [7, 11) is 0. The van der Waals surface area contributed by atoms with Gasteiger partial charge in [0.15, 0.2) is 0 Å². The van der Waals surface area contributed by atoms with Gasteiger partial charge in [0.1, 0.15) is 0 Å². The molecule has 8 heavy (non-hydrogen) atoms. The molecule has 0 aromatic carbocycles. The van der Waals surface area contributed by atoms with Crippen molar-refractivity contribution in [1.29, 1.82) is 0 Å². The molecule has 0 fully saturated rings. The lowest BCUT2D eigenvalue weighted by Crippen LogP contribution is -2.24. The summed E-state index contributed by atoms with van der Waals surface area (Å²) in [5.74, 6) is 2.20. The normalized spacial score (nSPS) is 7.50. The number of hydrogen-bond donors (Lipinski definition) is 1. The third kappa shape index (κ3) is 3.69. The third-order valence-corrected chi connectivity index (χ3v) is 1.02. The van der Waals surface area contributed by atoms with E-state index in [2.05, 4.69) is 27.2 Å². The summed E-state index contributed by atoms with van der Waals surface area (Å²) in [6.07, 6.45) is 4.85. The number of halogens is 1. The predicted octanol–water partition coefficient (Wildman–Crippen LogP) is 0.131. The van der Waals surface area contributed by atoms with Crippen molar-refractivity contribution in [1.82, 2.24) is 5.32 Å². The Morgan fingerprint density at radius 3 is 2.88 bits per heavy atom. The number of carbonyl (C=O) groups excluding carboxylic acids is 1. The fraction of sp³-hybridized carbons (Fsp3) is 0.400. The van der Waals surface area contributed by atoms with Crippen LogP contribution in [0.15, 0.2) is 0 Å². The van der Waals surface area contributed by atoms with Crippen LogP contribution in [-0.2, 0) is 4.79 Å². The van der Waals surface area contributed by atoms with Crippen LogP contribution in [-0.4, -0.2) is 17.8 Å². The molecule has 0 aliphatic carbocycles. The van der Waals surface area contributed by atoms with Crippen molar-refractivity contribution in [2.45, 2.75) is 0 Å². The highest BCUT2D eigenvalue weighted by molar-refractivity contribution is 9.09. The van der Waals surface area contributed by atoms with Crippen molar-refractivity contribution >= 4 is 21.8 Å². The van der Waals surface area contributed by atoms with Crippen LogP contribution in [0.25, 0.3) is 0 Å². The van der Waals surface area contributed by atoms with Crippen molar-refractivity contribution in [3.63, 3.8) is 0 Å². The van der Waals surface area contributed by atoms with Gasteiger partial charge in [-0.2, -0.15) is 0 Å². The molecule has 0 unspecified atom stereocenters. The highest BCUT2D eigenvalue weighted by Crippen LogP contribution is 1.75. The third-order valence-electron chi connectivity index (χ3n) is 0.509. The van der Waals surface area contributed by atoms with Crippen molar-refractivity contribution < 1.29 is 4.79 Å².